The molecule has 1 heterocycles. The van der Waals surface area contributed by atoms with Gasteiger partial charge in [0.15, 0.2) is 0 Å². The number of carbonyl (C=O) groups excluding carboxylic acids is 1. The summed E-state index contributed by atoms with van der Waals surface area (Å²) >= 11 is 0. The first-order valence-electron chi connectivity index (χ1n) is 9.59. The molecule has 0 aromatic heterocycles. The van der Waals surface area contributed by atoms with Crippen LogP contribution in [0, 0.1) is 0 Å². The molecule has 1 aromatic carbocycles. The quantitative estimate of drug-likeness (QED) is 0.834. The summed E-state index contributed by atoms with van der Waals surface area (Å²) in [7, 11) is 0. The second-order valence-corrected chi connectivity index (χ2v) is 7.65. The number of hydrogen-bond acceptors (Lipinski definition) is 3. The molecule has 1 unspecified atom stereocenters. The van der Waals surface area contributed by atoms with Crippen molar-refractivity contribution < 1.29 is 18.7 Å². The lowest BCUT2D eigenvalue weighted by Crippen LogP contribution is -2.58. The number of carbonyl (C=O) groups is 1. The van der Waals surface area contributed by atoms with Crippen LogP contribution in [0.1, 0.15) is 63.5 Å². The zero-order chi connectivity index (χ0) is 18.8. The predicted molar refractivity (Wildman–Crippen MR) is 97.4 cm³/mol. The van der Waals surface area contributed by atoms with Crippen molar-refractivity contribution in [2.75, 3.05) is 18.0 Å². The van der Waals surface area contributed by atoms with Crippen molar-refractivity contribution in [3.8, 4) is 0 Å². The number of anilines is 1. The fourth-order valence-corrected chi connectivity index (χ4v) is 4.00. The fourth-order valence-electron chi connectivity index (χ4n) is 4.00. The van der Waals surface area contributed by atoms with E-state index in [4.69, 9.17) is 0 Å². The second kappa shape index (κ2) is 7.51. The summed E-state index contributed by atoms with van der Waals surface area (Å²) in [6, 6.07) is 7.12. The Morgan fingerprint density at radius 3 is 2.50 bits per heavy atom. The van der Waals surface area contributed by atoms with E-state index in [9.17, 15) is 18.7 Å². The van der Waals surface area contributed by atoms with Gasteiger partial charge in [-0.05, 0) is 50.3 Å². The summed E-state index contributed by atoms with van der Waals surface area (Å²) in [5.41, 5.74) is -0.389. The number of halogens is 2. The van der Waals surface area contributed by atoms with E-state index < -0.39 is 23.5 Å². The average Bonchev–Trinajstić information content (AvgIpc) is 3.17. The van der Waals surface area contributed by atoms with Crippen LogP contribution in [-0.4, -0.2) is 35.6 Å². The maximum absolute atomic E-state index is 14.6. The monoisotopic (exact) mass is 366 g/mol. The van der Waals surface area contributed by atoms with Crippen molar-refractivity contribution in [2.45, 2.75) is 69.4 Å². The first-order chi connectivity index (χ1) is 12.3. The van der Waals surface area contributed by atoms with Crippen molar-refractivity contribution in [1.82, 2.24) is 5.32 Å². The number of aliphatic hydroxyl groups is 1. The molecule has 144 valence electrons. The van der Waals surface area contributed by atoms with E-state index >= 15 is 0 Å². The van der Waals surface area contributed by atoms with Crippen molar-refractivity contribution in [2.24, 2.45) is 0 Å². The molecule has 6 heteroatoms. The summed E-state index contributed by atoms with van der Waals surface area (Å²) < 4.78 is 29.2. The molecule has 2 aliphatic rings. The number of nitrogens with zero attached hydrogens (tertiary/aromatic N) is 1. The highest BCUT2D eigenvalue weighted by atomic mass is 19.3. The molecular formula is C20H28F2N2O2. The highest BCUT2D eigenvalue weighted by molar-refractivity contribution is 5.85. The van der Waals surface area contributed by atoms with Gasteiger partial charge in [-0.25, -0.2) is 0 Å². The number of alkyl halides is 2. The molecule has 2 fully saturated rings. The average molecular weight is 366 g/mol. The van der Waals surface area contributed by atoms with Gasteiger partial charge in [0.2, 0.25) is 0 Å². The van der Waals surface area contributed by atoms with E-state index in [1.165, 1.54) is 0 Å². The van der Waals surface area contributed by atoms with Crippen molar-refractivity contribution in [1.29, 1.82) is 0 Å². The van der Waals surface area contributed by atoms with E-state index in [-0.39, 0.29) is 12.8 Å². The Labute approximate surface area is 153 Å². The van der Waals surface area contributed by atoms with Crippen LogP contribution < -0.4 is 10.2 Å². The van der Waals surface area contributed by atoms with Crippen LogP contribution in [0.25, 0.3) is 0 Å². The Bertz CT molecular complexity index is 638. The third kappa shape index (κ3) is 3.70. The smallest absolute Gasteiger partial charge is 0.352 e. The van der Waals surface area contributed by atoms with E-state index in [2.05, 4.69) is 10.2 Å². The molecule has 0 spiro atoms. The standard InChI is InChI=1S/C20H28F2N2O2/c1-15(16-8-7-9-17(14-16)24-12-5-6-13-24)23-18(25)20(21,22)19(26)10-3-2-4-11-19/h7-9,14-15,26H,2-6,10-13H2,1H3,(H,23,25). The van der Waals surface area contributed by atoms with Gasteiger partial charge in [0, 0.05) is 18.8 Å². The van der Waals surface area contributed by atoms with Crippen LogP contribution >= 0.6 is 0 Å². The topological polar surface area (TPSA) is 52.6 Å². The normalized spacial score (nSPS) is 21.5. The van der Waals surface area contributed by atoms with Crippen LogP contribution in [0.5, 0.6) is 0 Å². The molecule has 1 aliphatic carbocycles. The maximum atomic E-state index is 14.6. The second-order valence-electron chi connectivity index (χ2n) is 7.65. The summed E-state index contributed by atoms with van der Waals surface area (Å²) in [5.74, 6) is -5.17. The lowest BCUT2D eigenvalue weighted by molar-refractivity contribution is -0.201. The first-order valence-corrected chi connectivity index (χ1v) is 9.59. The van der Waals surface area contributed by atoms with Crippen molar-refractivity contribution in [3.05, 3.63) is 29.8 Å². The Kier molecular flexibility index (Phi) is 5.51. The van der Waals surface area contributed by atoms with Gasteiger partial charge in [-0.15, -0.1) is 0 Å². The lowest BCUT2D eigenvalue weighted by Gasteiger charge is -2.38. The minimum Gasteiger partial charge on any atom is -0.383 e. The number of nitrogens with one attached hydrogen (secondary N) is 1. The summed E-state index contributed by atoms with van der Waals surface area (Å²) in [4.78, 5) is 14.5. The van der Waals surface area contributed by atoms with Crippen LogP contribution in [0.2, 0.25) is 0 Å². The van der Waals surface area contributed by atoms with Crippen LogP contribution in [0.3, 0.4) is 0 Å². The summed E-state index contributed by atoms with van der Waals surface area (Å²) in [6.07, 6.45) is 4.10. The van der Waals surface area contributed by atoms with Gasteiger partial charge < -0.3 is 15.3 Å². The molecule has 4 nitrogen and oxygen atoms in total. The van der Waals surface area contributed by atoms with Gasteiger partial charge in [0.1, 0.15) is 5.60 Å². The molecule has 0 radical (unpaired) electrons. The highest BCUT2D eigenvalue weighted by Gasteiger charge is 2.58. The molecule has 1 amide bonds. The van der Waals surface area contributed by atoms with Gasteiger partial charge >= 0.3 is 5.92 Å². The van der Waals surface area contributed by atoms with E-state index in [1.807, 2.05) is 24.3 Å². The van der Waals surface area contributed by atoms with Crippen LogP contribution in [-0.2, 0) is 4.79 Å². The zero-order valence-electron chi connectivity index (χ0n) is 15.3. The number of amides is 1. The summed E-state index contributed by atoms with van der Waals surface area (Å²) in [5, 5.41) is 12.7. The van der Waals surface area contributed by atoms with Gasteiger partial charge in [-0.1, -0.05) is 31.4 Å². The van der Waals surface area contributed by atoms with Gasteiger partial charge in [0.05, 0.1) is 6.04 Å². The number of hydrogen-bond donors (Lipinski definition) is 2. The molecule has 1 saturated carbocycles. The largest absolute Gasteiger partial charge is 0.383 e. The molecule has 1 aromatic rings. The lowest BCUT2D eigenvalue weighted by atomic mass is 9.79. The third-order valence-corrected chi connectivity index (χ3v) is 5.74. The zero-order valence-corrected chi connectivity index (χ0v) is 15.3. The minimum absolute atomic E-state index is 0.0355. The Hall–Kier alpha value is -1.69. The first kappa shape index (κ1) is 19.1. The summed E-state index contributed by atoms with van der Waals surface area (Å²) in [6.45, 7) is 3.69. The maximum Gasteiger partial charge on any atom is 0.352 e. The van der Waals surface area contributed by atoms with Crippen LogP contribution in [0.15, 0.2) is 24.3 Å². The molecule has 0 bridgehead atoms. The molecule has 1 aliphatic heterocycles. The van der Waals surface area contributed by atoms with E-state index in [1.54, 1.807) is 6.92 Å². The molecular weight excluding hydrogens is 338 g/mol. The third-order valence-electron chi connectivity index (χ3n) is 5.74. The highest BCUT2D eigenvalue weighted by Crippen LogP contribution is 2.41. The molecule has 26 heavy (non-hydrogen) atoms. The van der Waals surface area contributed by atoms with Gasteiger partial charge in [-0.3, -0.25) is 4.79 Å². The van der Waals surface area contributed by atoms with Crippen LogP contribution in [0.4, 0.5) is 14.5 Å². The predicted octanol–water partition coefficient (Wildman–Crippen LogP) is 3.79. The Balaban J connectivity index is 1.69. The molecule has 1 atom stereocenters. The minimum atomic E-state index is -3.78. The van der Waals surface area contributed by atoms with E-state index in [0.717, 1.165) is 43.6 Å². The number of benzene rings is 1. The van der Waals surface area contributed by atoms with Crippen molar-refractivity contribution in [3.63, 3.8) is 0 Å². The Morgan fingerprint density at radius 2 is 1.85 bits per heavy atom. The fraction of sp³-hybridized carbons (Fsp3) is 0.650. The van der Waals surface area contributed by atoms with Gasteiger partial charge in [0.25, 0.3) is 5.91 Å². The molecule has 2 N–H and O–H groups in total. The van der Waals surface area contributed by atoms with Crippen molar-refractivity contribution >= 4 is 11.6 Å². The SMILES string of the molecule is CC(NC(=O)C(F)(F)C1(O)CCCCC1)c1cccc(N2CCCC2)c1. The molecule has 3 rings (SSSR count). The number of rotatable bonds is 5. The molecule has 1 saturated heterocycles. The Morgan fingerprint density at radius 1 is 1.19 bits per heavy atom. The van der Waals surface area contributed by atoms with E-state index in [0.29, 0.717) is 12.8 Å². The van der Waals surface area contributed by atoms with Gasteiger partial charge in [-0.2, -0.15) is 8.78 Å².